The van der Waals surface area contributed by atoms with Crippen LogP contribution in [0.1, 0.15) is 38.8 Å². The molecular weight excluding hydrogens is 440 g/mol. The van der Waals surface area contributed by atoms with Gasteiger partial charge in [-0.1, -0.05) is 30.7 Å². The van der Waals surface area contributed by atoms with Gasteiger partial charge in [-0.2, -0.15) is 5.10 Å². The van der Waals surface area contributed by atoms with E-state index < -0.39 is 0 Å². The van der Waals surface area contributed by atoms with E-state index in [1.54, 1.807) is 23.1 Å². The first kappa shape index (κ1) is 21.8. The number of pyridine rings is 1. The second-order valence-electron chi connectivity index (χ2n) is 8.80. The lowest BCUT2D eigenvalue weighted by molar-refractivity contribution is 0.0904. The molecule has 0 bridgehead atoms. The van der Waals surface area contributed by atoms with Crippen molar-refractivity contribution >= 4 is 22.9 Å². The van der Waals surface area contributed by atoms with Gasteiger partial charge in [0, 0.05) is 25.5 Å². The highest BCUT2D eigenvalue weighted by molar-refractivity contribution is 6.30. The number of fused-ring (bicyclic) bond motifs is 1. The quantitative estimate of drug-likeness (QED) is 0.436. The molecule has 10 heteroatoms. The van der Waals surface area contributed by atoms with E-state index in [2.05, 4.69) is 39.6 Å². The highest BCUT2D eigenvalue weighted by atomic mass is 35.5. The van der Waals surface area contributed by atoms with E-state index in [4.69, 9.17) is 21.3 Å². The Bertz CT molecular complexity index is 1240. The van der Waals surface area contributed by atoms with Crippen LogP contribution in [0.5, 0.6) is 0 Å². The molecule has 1 fully saturated rings. The number of halogens is 1. The summed E-state index contributed by atoms with van der Waals surface area (Å²) < 4.78 is 9.00. The maximum absolute atomic E-state index is 6.06. The van der Waals surface area contributed by atoms with Gasteiger partial charge >= 0.3 is 0 Å². The van der Waals surface area contributed by atoms with Crippen LogP contribution in [0.2, 0.25) is 5.02 Å². The lowest BCUT2D eigenvalue weighted by Crippen LogP contribution is -2.28. The van der Waals surface area contributed by atoms with Gasteiger partial charge in [-0.3, -0.25) is 4.98 Å². The topological polar surface area (TPSA) is 95.1 Å². The number of aromatic nitrogens is 7. The van der Waals surface area contributed by atoms with Crippen LogP contribution in [0, 0.1) is 5.92 Å². The fourth-order valence-electron chi connectivity index (χ4n) is 3.96. The molecule has 172 valence electrons. The van der Waals surface area contributed by atoms with Crippen LogP contribution in [-0.4, -0.2) is 53.8 Å². The molecule has 0 aromatic carbocycles. The predicted octanol–water partition coefficient (Wildman–Crippen LogP) is 4.20. The van der Waals surface area contributed by atoms with Gasteiger partial charge in [0.05, 0.1) is 52.4 Å². The van der Waals surface area contributed by atoms with Crippen LogP contribution in [-0.2, 0) is 11.2 Å². The van der Waals surface area contributed by atoms with Crippen LogP contribution >= 0.6 is 11.6 Å². The number of nitrogens with one attached hydrogen (secondary N) is 1. The maximum atomic E-state index is 6.06. The van der Waals surface area contributed by atoms with E-state index in [9.17, 15) is 0 Å². The molecule has 4 aromatic rings. The van der Waals surface area contributed by atoms with Gasteiger partial charge in [0.25, 0.3) is 0 Å². The molecule has 5 rings (SSSR count). The Morgan fingerprint density at radius 2 is 2.00 bits per heavy atom. The number of rotatable bonds is 7. The van der Waals surface area contributed by atoms with E-state index in [0.29, 0.717) is 22.6 Å². The monoisotopic (exact) mass is 466 g/mol. The van der Waals surface area contributed by atoms with Crippen molar-refractivity contribution in [3.05, 3.63) is 47.8 Å². The number of aryl methyl sites for hydroxylation is 1. The fourth-order valence-corrected chi connectivity index (χ4v) is 4.10. The Kier molecular flexibility index (Phi) is 6.24. The van der Waals surface area contributed by atoms with Gasteiger partial charge in [-0.25, -0.2) is 14.2 Å². The van der Waals surface area contributed by atoms with Crippen molar-refractivity contribution in [3.8, 4) is 16.9 Å². The van der Waals surface area contributed by atoms with E-state index in [0.717, 1.165) is 67.2 Å². The third-order valence-corrected chi connectivity index (χ3v) is 6.03. The van der Waals surface area contributed by atoms with E-state index in [-0.39, 0.29) is 0 Å². The SMILES string of the molecule is CC(C)CCc1cn(-c2cnc(-c3cnn4cc(Cl)cnc34)cc2NC2CCOCC2)nn1. The van der Waals surface area contributed by atoms with Gasteiger partial charge in [-0.15, -0.1) is 5.10 Å². The number of hydrogen-bond donors (Lipinski definition) is 1. The molecular formula is C23H27ClN8O. The molecule has 1 saturated heterocycles. The standard InChI is InChI=1S/C23H27ClN8O/c1-15(2)3-4-18-14-31(30-29-18)22-12-25-20(9-21(22)28-17-5-7-33-8-6-17)19-11-27-32-13-16(24)10-26-23(19)32/h9-15,17H,3-8H2,1-2H3,(H,25,28). The van der Waals surface area contributed by atoms with Crippen molar-refractivity contribution in [2.75, 3.05) is 18.5 Å². The van der Waals surface area contributed by atoms with E-state index >= 15 is 0 Å². The van der Waals surface area contributed by atoms with Crippen molar-refractivity contribution in [1.29, 1.82) is 0 Å². The molecule has 33 heavy (non-hydrogen) atoms. The van der Waals surface area contributed by atoms with Crippen LogP contribution in [0.3, 0.4) is 0 Å². The normalized spacial score (nSPS) is 14.9. The van der Waals surface area contributed by atoms with Gasteiger partial charge in [0.2, 0.25) is 0 Å². The summed E-state index contributed by atoms with van der Waals surface area (Å²) >= 11 is 6.06. The smallest absolute Gasteiger partial charge is 0.164 e. The Balaban J connectivity index is 1.51. The van der Waals surface area contributed by atoms with Gasteiger partial charge in [0.15, 0.2) is 5.65 Å². The first-order valence-corrected chi connectivity index (χ1v) is 11.7. The van der Waals surface area contributed by atoms with Crippen LogP contribution < -0.4 is 5.32 Å². The molecule has 0 amide bonds. The van der Waals surface area contributed by atoms with E-state index in [1.807, 2.05) is 23.1 Å². The average molecular weight is 467 g/mol. The minimum atomic E-state index is 0.317. The van der Waals surface area contributed by atoms with Gasteiger partial charge in [-0.05, 0) is 37.7 Å². The maximum Gasteiger partial charge on any atom is 0.164 e. The molecule has 0 radical (unpaired) electrons. The van der Waals surface area contributed by atoms with Gasteiger partial charge < -0.3 is 10.1 Å². The summed E-state index contributed by atoms with van der Waals surface area (Å²) in [6, 6.07) is 2.35. The molecule has 4 aromatic heterocycles. The molecule has 0 atom stereocenters. The lowest BCUT2D eigenvalue weighted by atomic mass is 10.1. The summed E-state index contributed by atoms with van der Waals surface area (Å²) in [5.41, 5.74) is 5.10. The predicted molar refractivity (Wildman–Crippen MR) is 127 cm³/mol. The summed E-state index contributed by atoms with van der Waals surface area (Å²) in [5, 5.41) is 17.4. The van der Waals surface area contributed by atoms with Crippen molar-refractivity contribution in [3.63, 3.8) is 0 Å². The number of nitrogens with zero attached hydrogens (tertiary/aromatic N) is 7. The molecule has 9 nitrogen and oxygen atoms in total. The summed E-state index contributed by atoms with van der Waals surface area (Å²) in [4.78, 5) is 9.17. The molecule has 0 spiro atoms. The van der Waals surface area contributed by atoms with Crippen molar-refractivity contribution in [2.45, 2.75) is 45.6 Å². The van der Waals surface area contributed by atoms with Gasteiger partial charge in [0.1, 0.15) is 5.69 Å². The lowest BCUT2D eigenvalue weighted by Gasteiger charge is -2.25. The largest absolute Gasteiger partial charge is 0.381 e. The Morgan fingerprint density at radius 3 is 2.82 bits per heavy atom. The second-order valence-corrected chi connectivity index (χ2v) is 9.24. The summed E-state index contributed by atoms with van der Waals surface area (Å²) in [6.07, 6.45) is 12.8. The summed E-state index contributed by atoms with van der Waals surface area (Å²) in [6.45, 7) is 5.94. The van der Waals surface area contributed by atoms with Crippen LogP contribution in [0.25, 0.3) is 22.6 Å². The molecule has 1 aliphatic rings. The number of ether oxygens (including phenoxy) is 1. The molecule has 0 aliphatic carbocycles. The van der Waals surface area contributed by atoms with Crippen molar-refractivity contribution in [1.82, 2.24) is 34.6 Å². The second kappa shape index (κ2) is 9.44. The number of anilines is 1. The van der Waals surface area contributed by atoms with Crippen molar-refractivity contribution in [2.24, 2.45) is 5.92 Å². The van der Waals surface area contributed by atoms with Crippen molar-refractivity contribution < 1.29 is 4.74 Å². The Labute approximate surface area is 197 Å². The minimum Gasteiger partial charge on any atom is -0.381 e. The number of hydrogen-bond acceptors (Lipinski definition) is 7. The zero-order chi connectivity index (χ0) is 22.8. The third-order valence-electron chi connectivity index (χ3n) is 5.83. The molecule has 1 N–H and O–H groups in total. The molecule has 0 unspecified atom stereocenters. The Hall–Kier alpha value is -3.04. The zero-order valence-electron chi connectivity index (χ0n) is 18.8. The highest BCUT2D eigenvalue weighted by Gasteiger charge is 2.19. The first-order valence-electron chi connectivity index (χ1n) is 11.3. The van der Waals surface area contributed by atoms with Crippen LogP contribution in [0.15, 0.2) is 37.1 Å². The summed E-state index contributed by atoms with van der Waals surface area (Å²) in [7, 11) is 0. The molecule has 0 saturated carbocycles. The minimum absolute atomic E-state index is 0.317. The molecule has 1 aliphatic heterocycles. The summed E-state index contributed by atoms with van der Waals surface area (Å²) in [5.74, 6) is 0.621. The van der Waals surface area contributed by atoms with Crippen LogP contribution in [0.4, 0.5) is 5.69 Å². The molecule has 5 heterocycles. The fraction of sp³-hybridized carbons (Fsp3) is 0.435. The Morgan fingerprint density at radius 1 is 1.15 bits per heavy atom. The zero-order valence-corrected chi connectivity index (χ0v) is 19.5. The first-order chi connectivity index (χ1) is 16.1. The average Bonchev–Trinajstić information content (AvgIpc) is 3.45. The third kappa shape index (κ3) is 4.84. The van der Waals surface area contributed by atoms with E-state index in [1.165, 1.54) is 0 Å². The highest BCUT2D eigenvalue weighted by Crippen LogP contribution is 2.29.